The van der Waals surface area contributed by atoms with Gasteiger partial charge >= 0.3 is 0 Å². The van der Waals surface area contributed by atoms with E-state index in [-0.39, 0.29) is 11.9 Å². The lowest BCUT2D eigenvalue weighted by Crippen LogP contribution is -2.26. The first-order chi connectivity index (χ1) is 11.2. The molecular formula is C18H19FN2O2. The maximum Gasteiger partial charge on any atom is 0.145 e. The van der Waals surface area contributed by atoms with Crippen LogP contribution in [0.15, 0.2) is 53.7 Å². The first-order valence-corrected chi connectivity index (χ1v) is 7.57. The smallest absolute Gasteiger partial charge is 0.145 e. The summed E-state index contributed by atoms with van der Waals surface area (Å²) in [5.41, 5.74) is 2.92. The van der Waals surface area contributed by atoms with E-state index in [0.29, 0.717) is 6.54 Å². The third-order valence-corrected chi connectivity index (χ3v) is 3.75. The van der Waals surface area contributed by atoms with E-state index >= 15 is 0 Å². The largest absolute Gasteiger partial charge is 0.497 e. The van der Waals surface area contributed by atoms with E-state index in [4.69, 9.17) is 9.57 Å². The number of ether oxygens (including phenoxy) is 1. The van der Waals surface area contributed by atoms with E-state index in [1.807, 2.05) is 24.3 Å². The van der Waals surface area contributed by atoms with Gasteiger partial charge in [0, 0.05) is 19.5 Å². The molecule has 0 saturated carbocycles. The van der Waals surface area contributed by atoms with Crippen molar-refractivity contribution in [2.24, 2.45) is 5.16 Å². The number of nitrogens with zero attached hydrogens (tertiary/aromatic N) is 1. The molecule has 1 aliphatic rings. The zero-order chi connectivity index (χ0) is 16.1. The summed E-state index contributed by atoms with van der Waals surface area (Å²) in [6.45, 7) is 1.44. The number of hydrogen-bond donors (Lipinski definition) is 1. The molecule has 4 nitrogen and oxygen atoms in total. The summed E-state index contributed by atoms with van der Waals surface area (Å²) in [6.07, 6.45) is 0.720. The van der Waals surface area contributed by atoms with Crippen molar-refractivity contribution in [2.75, 3.05) is 13.7 Å². The zero-order valence-electron chi connectivity index (χ0n) is 13.0. The molecule has 1 N–H and O–H groups in total. The van der Waals surface area contributed by atoms with Gasteiger partial charge in [-0.1, -0.05) is 29.4 Å². The highest BCUT2D eigenvalue weighted by atomic mass is 19.1. The number of oxime groups is 1. The average Bonchev–Trinajstić information content (AvgIpc) is 3.04. The van der Waals surface area contributed by atoms with Gasteiger partial charge in [-0.25, -0.2) is 4.39 Å². The zero-order valence-corrected chi connectivity index (χ0v) is 13.0. The van der Waals surface area contributed by atoms with E-state index in [1.54, 1.807) is 19.2 Å². The number of nitrogens with one attached hydrogen (secondary N) is 1. The molecule has 0 aliphatic carbocycles. The summed E-state index contributed by atoms with van der Waals surface area (Å²) in [5.74, 6) is 0.605. The highest BCUT2D eigenvalue weighted by molar-refractivity contribution is 6.01. The van der Waals surface area contributed by atoms with Crippen LogP contribution in [0.1, 0.15) is 17.5 Å². The summed E-state index contributed by atoms with van der Waals surface area (Å²) >= 11 is 0. The molecule has 1 atom stereocenters. The SMILES string of the molecule is COc1cccc(CNC[C@H]2CC(c3ccc(F)cc3)=NO2)c1. The fraction of sp³-hybridized carbons (Fsp3) is 0.278. The van der Waals surface area contributed by atoms with Gasteiger partial charge < -0.3 is 14.9 Å². The van der Waals surface area contributed by atoms with Crippen molar-refractivity contribution in [2.45, 2.75) is 19.1 Å². The Labute approximate surface area is 134 Å². The third kappa shape index (κ3) is 4.07. The predicted octanol–water partition coefficient (Wildman–Crippen LogP) is 3.12. The standard InChI is InChI=1S/C18H19FN2O2/c1-22-16-4-2-3-13(9-16)11-20-12-17-10-18(21-23-17)14-5-7-15(19)8-6-14/h2-9,17,20H,10-12H2,1H3/t17-/m1/s1. The van der Waals surface area contributed by atoms with Crippen molar-refractivity contribution in [3.63, 3.8) is 0 Å². The minimum atomic E-state index is -0.246. The maximum atomic E-state index is 12.9. The molecule has 5 heteroatoms. The molecule has 120 valence electrons. The molecule has 0 amide bonds. The van der Waals surface area contributed by atoms with E-state index < -0.39 is 0 Å². The molecule has 0 radical (unpaired) electrons. The van der Waals surface area contributed by atoms with Crippen LogP contribution in [0.25, 0.3) is 0 Å². The predicted molar refractivity (Wildman–Crippen MR) is 87.1 cm³/mol. The Morgan fingerprint density at radius 3 is 2.87 bits per heavy atom. The molecule has 2 aromatic carbocycles. The fourth-order valence-corrected chi connectivity index (χ4v) is 2.51. The van der Waals surface area contributed by atoms with E-state index in [2.05, 4.69) is 10.5 Å². The molecule has 1 aliphatic heterocycles. The maximum absolute atomic E-state index is 12.9. The van der Waals surface area contributed by atoms with Crippen LogP contribution >= 0.6 is 0 Å². The molecule has 3 rings (SSSR count). The highest BCUT2D eigenvalue weighted by Crippen LogP contribution is 2.17. The summed E-state index contributed by atoms with van der Waals surface area (Å²) in [7, 11) is 1.66. The van der Waals surface area contributed by atoms with Crippen LogP contribution in [0.3, 0.4) is 0 Å². The first-order valence-electron chi connectivity index (χ1n) is 7.57. The normalized spacial score (nSPS) is 16.8. The Balaban J connectivity index is 1.47. The average molecular weight is 314 g/mol. The van der Waals surface area contributed by atoms with Gasteiger partial charge in [0.05, 0.1) is 12.8 Å². The van der Waals surface area contributed by atoms with Crippen LogP contribution in [0.4, 0.5) is 4.39 Å². The Morgan fingerprint density at radius 1 is 1.26 bits per heavy atom. The quantitative estimate of drug-likeness (QED) is 0.891. The minimum absolute atomic E-state index is 0.000612. The molecule has 0 saturated heterocycles. The summed E-state index contributed by atoms with van der Waals surface area (Å²) in [6, 6.07) is 14.3. The van der Waals surface area contributed by atoms with Gasteiger partial charge in [-0.05, 0) is 35.4 Å². The Hall–Kier alpha value is -2.40. The van der Waals surface area contributed by atoms with E-state index in [9.17, 15) is 4.39 Å². The van der Waals surface area contributed by atoms with Crippen molar-refractivity contribution in [1.29, 1.82) is 0 Å². The Morgan fingerprint density at radius 2 is 2.09 bits per heavy atom. The van der Waals surface area contributed by atoms with E-state index in [1.165, 1.54) is 12.1 Å². The van der Waals surface area contributed by atoms with Crippen LogP contribution in [0, 0.1) is 5.82 Å². The number of benzene rings is 2. The molecule has 2 aromatic rings. The lowest BCUT2D eigenvalue weighted by atomic mass is 10.0. The minimum Gasteiger partial charge on any atom is -0.497 e. The topological polar surface area (TPSA) is 42.8 Å². The Bertz CT molecular complexity index is 686. The van der Waals surface area contributed by atoms with Crippen molar-refractivity contribution in [1.82, 2.24) is 5.32 Å². The summed E-state index contributed by atoms with van der Waals surface area (Å²) in [4.78, 5) is 5.44. The third-order valence-electron chi connectivity index (χ3n) is 3.75. The molecular weight excluding hydrogens is 295 g/mol. The molecule has 23 heavy (non-hydrogen) atoms. The number of rotatable bonds is 6. The number of halogens is 1. The van der Waals surface area contributed by atoms with Gasteiger partial charge in [0.1, 0.15) is 17.7 Å². The molecule has 0 bridgehead atoms. The fourth-order valence-electron chi connectivity index (χ4n) is 2.51. The second-order valence-corrected chi connectivity index (χ2v) is 5.46. The van der Waals surface area contributed by atoms with Crippen LogP contribution in [0.2, 0.25) is 0 Å². The molecule has 1 heterocycles. The second kappa shape index (κ2) is 7.24. The van der Waals surface area contributed by atoms with E-state index in [0.717, 1.165) is 35.6 Å². The lowest BCUT2D eigenvalue weighted by Gasteiger charge is -2.10. The summed E-state index contributed by atoms with van der Waals surface area (Å²) < 4.78 is 18.2. The van der Waals surface area contributed by atoms with Crippen molar-refractivity contribution >= 4 is 5.71 Å². The monoisotopic (exact) mass is 314 g/mol. The van der Waals surface area contributed by atoms with Crippen molar-refractivity contribution in [3.8, 4) is 5.75 Å². The van der Waals surface area contributed by atoms with Crippen LogP contribution in [-0.2, 0) is 11.4 Å². The van der Waals surface area contributed by atoms with Crippen molar-refractivity contribution in [3.05, 3.63) is 65.5 Å². The first kappa shape index (κ1) is 15.5. The molecule has 0 spiro atoms. The van der Waals surface area contributed by atoms with Crippen LogP contribution in [-0.4, -0.2) is 25.5 Å². The van der Waals surface area contributed by atoms with Gasteiger partial charge in [-0.15, -0.1) is 0 Å². The summed E-state index contributed by atoms with van der Waals surface area (Å²) in [5, 5.41) is 7.47. The van der Waals surface area contributed by atoms with Gasteiger partial charge in [0.15, 0.2) is 0 Å². The number of methoxy groups -OCH3 is 1. The molecule has 0 aromatic heterocycles. The molecule has 0 fully saturated rings. The Kier molecular flexibility index (Phi) is 4.88. The van der Waals surface area contributed by atoms with Gasteiger partial charge in [0.25, 0.3) is 0 Å². The second-order valence-electron chi connectivity index (χ2n) is 5.46. The van der Waals surface area contributed by atoms with Gasteiger partial charge in [-0.3, -0.25) is 0 Å². The van der Waals surface area contributed by atoms with Crippen LogP contribution < -0.4 is 10.1 Å². The molecule has 0 unspecified atom stereocenters. The van der Waals surface area contributed by atoms with Crippen LogP contribution in [0.5, 0.6) is 5.75 Å². The van der Waals surface area contributed by atoms with Gasteiger partial charge in [-0.2, -0.15) is 0 Å². The lowest BCUT2D eigenvalue weighted by molar-refractivity contribution is 0.0848. The van der Waals surface area contributed by atoms with Gasteiger partial charge in [0.2, 0.25) is 0 Å². The number of hydrogen-bond acceptors (Lipinski definition) is 4. The van der Waals surface area contributed by atoms with Crippen molar-refractivity contribution < 1.29 is 14.0 Å². The highest BCUT2D eigenvalue weighted by Gasteiger charge is 2.21.